The van der Waals surface area contributed by atoms with Crippen molar-refractivity contribution < 1.29 is 9.59 Å². The molecule has 2 heterocycles. The van der Waals surface area contributed by atoms with Gasteiger partial charge in [0.1, 0.15) is 5.82 Å². The molecule has 0 atom stereocenters. The molecule has 3 rings (SSSR count). The molecule has 5 nitrogen and oxygen atoms in total. The zero-order chi connectivity index (χ0) is 20.1. The zero-order valence-corrected chi connectivity index (χ0v) is 17.3. The Balaban J connectivity index is 1.71. The smallest absolute Gasteiger partial charge is 0.225 e. The molecule has 0 saturated heterocycles. The van der Waals surface area contributed by atoms with Gasteiger partial charge in [-0.3, -0.25) is 9.59 Å². The van der Waals surface area contributed by atoms with Crippen LogP contribution in [0.3, 0.4) is 0 Å². The number of rotatable bonds is 7. The van der Waals surface area contributed by atoms with Gasteiger partial charge < -0.3 is 5.32 Å². The first-order valence-electron chi connectivity index (χ1n) is 9.32. The number of benzene rings is 1. The number of hydrogen-bond acceptors (Lipinski definition) is 4. The number of ketones is 1. The molecule has 1 aromatic carbocycles. The first kappa shape index (κ1) is 20.0. The summed E-state index contributed by atoms with van der Waals surface area (Å²) in [5.74, 6) is 0.472. The lowest BCUT2D eigenvalue weighted by molar-refractivity contribution is -0.116. The van der Waals surface area contributed by atoms with Crippen LogP contribution in [0.15, 0.2) is 53.9 Å². The third kappa shape index (κ3) is 5.16. The molecule has 0 aliphatic rings. The molecule has 146 valence electrons. The summed E-state index contributed by atoms with van der Waals surface area (Å²) in [5.41, 5.74) is 1.89. The van der Waals surface area contributed by atoms with Crippen molar-refractivity contribution in [3.8, 4) is 0 Å². The van der Waals surface area contributed by atoms with Crippen molar-refractivity contribution in [2.45, 2.75) is 45.6 Å². The zero-order valence-electron chi connectivity index (χ0n) is 16.4. The largest absolute Gasteiger partial charge is 0.311 e. The van der Waals surface area contributed by atoms with Crippen LogP contribution in [0.4, 0.5) is 5.82 Å². The lowest BCUT2D eigenvalue weighted by atomic mass is 9.92. The first-order chi connectivity index (χ1) is 13.3. The van der Waals surface area contributed by atoms with Gasteiger partial charge in [-0.1, -0.05) is 57.2 Å². The second-order valence-electron chi connectivity index (χ2n) is 7.76. The lowest BCUT2D eigenvalue weighted by Gasteiger charge is -2.14. The molecule has 3 aromatic rings. The molecule has 0 radical (unpaired) electrons. The summed E-state index contributed by atoms with van der Waals surface area (Å²) in [7, 11) is 0. The van der Waals surface area contributed by atoms with Crippen LogP contribution in [-0.4, -0.2) is 21.5 Å². The van der Waals surface area contributed by atoms with Gasteiger partial charge in [-0.2, -0.15) is 5.10 Å². The second kappa shape index (κ2) is 8.52. The van der Waals surface area contributed by atoms with E-state index in [2.05, 4.69) is 26.1 Å². The maximum atomic E-state index is 12.4. The van der Waals surface area contributed by atoms with E-state index in [4.69, 9.17) is 5.10 Å². The van der Waals surface area contributed by atoms with E-state index in [1.54, 1.807) is 6.07 Å². The van der Waals surface area contributed by atoms with Crippen molar-refractivity contribution in [2.75, 3.05) is 5.32 Å². The number of amides is 1. The van der Waals surface area contributed by atoms with Crippen LogP contribution in [0.5, 0.6) is 0 Å². The van der Waals surface area contributed by atoms with Gasteiger partial charge in [0.15, 0.2) is 5.78 Å². The monoisotopic (exact) mass is 395 g/mol. The summed E-state index contributed by atoms with van der Waals surface area (Å²) in [5, 5.41) is 9.50. The minimum absolute atomic E-state index is 0.00155. The Morgan fingerprint density at radius 1 is 1.07 bits per heavy atom. The molecule has 2 aromatic heterocycles. The van der Waals surface area contributed by atoms with Gasteiger partial charge in [-0.25, -0.2) is 4.68 Å². The predicted octanol–water partition coefficient (Wildman–Crippen LogP) is 4.89. The Hall–Kier alpha value is -2.73. The normalized spacial score (nSPS) is 11.4. The Labute approximate surface area is 169 Å². The summed E-state index contributed by atoms with van der Waals surface area (Å²) < 4.78 is 1.81. The van der Waals surface area contributed by atoms with Crippen molar-refractivity contribution in [1.29, 1.82) is 0 Å². The molecule has 0 unspecified atom stereocenters. The molecule has 0 bridgehead atoms. The highest BCUT2D eigenvalue weighted by atomic mass is 32.1. The van der Waals surface area contributed by atoms with E-state index in [-0.39, 0.29) is 29.9 Å². The second-order valence-corrected chi connectivity index (χ2v) is 8.70. The number of anilines is 1. The Morgan fingerprint density at radius 2 is 1.82 bits per heavy atom. The van der Waals surface area contributed by atoms with Crippen LogP contribution in [0, 0.1) is 0 Å². The highest BCUT2D eigenvalue weighted by molar-refractivity contribution is 7.12. The Morgan fingerprint density at radius 3 is 2.46 bits per heavy atom. The van der Waals surface area contributed by atoms with E-state index in [0.29, 0.717) is 17.2 Å². The van der Waals surface area contributed by atoms with Crippen molar-refractivity contribution in [3.05, 3.63) is 70.0 Å². The molecule has 28 heavy (non-hydrogen) atoms. The van der Waals surface area contributed by atoms with E-state index >= 15 is 0 Å². The van der Waals surface area contributed by atoms with Gasteiger partial charge in [0, 0.05) is 24.3 Å². The summed E-state index contributed by atoms with van der Waals surface area (Å²) in [6.07, 6.45) is 0.351. The summed E-state index contributed by atoms with van der Waals surface area (Å²) in [4.78, 5) is 25.3. The standard InChI is InChI=1S/C22H25N3O2S/c1-22(2,3)19-14-20(25(24-19)15-16-8-5-4-6-9-16)23-21(27)12-11-17(26)18-10-7-13-28-18/h4-10,13-14H,11-12,15H2,1-3H3,(H,23,27). The Kier molecular flexibility index (Phi) is 6.09. The van der Waals surface area contributed by atoms with Crippen LogP contribution >= 0.6 is 11.3 Å². The number of Topliss-reactive ketones (excluding diaryl/α,β-unsaturated/α-hetero) is 1. The van der Waals surface area contributed by atoms with Crippen LogP contribution < -0.4 is 5.32 Å². The number of hydrogen-bond donors (Lipinski definition) is 1. The topological polar surface area (TPSA) is 64.0 Å². The maximum absolute atomic E-state index is 12.4. The van der Waals surface area contributed by atoms with E-state index in [0.717, 1.165) is 11.3 Å². The number of thiophene rings is 1. The van der Waals surface area contributed by atoms with E-state index in [9.17, 15) is 9.59 Å². The maximum Gasteiger partial charge on any atom is 0.225 e. The van der Waals surface area contributed by atoms with Crippen LogP contribution in [0.2, 0.25) is 0 Å². The molecule has 0 saturated carbocycles. The molecule has 1 amide bonds. The molecule has 6 heteroatoms. The highest BCUT2D eigenvalue weighted by Crippen LogP contribution is 2.25. The predicted molar refractivity (Wildman–Crippen MR) is 113 cm³/mol. The molecule has 0 fully saturated rings. The Bertz CT molecular complexity index is 938. The van der Waals surface area contributed by atoms with E-state index in [1.165, 1.54) is 11.3 Å². The van der Waals surface area contributed by atoms with Gasteiger partial charge in [0.05, 0.1) is 17.1 Å². The third-order valence-corrected chi connectivity index (χ3v) is 5.28. The quantitative estimate of drug-likeness (QED) is 0.579. The third-order valence-electron chi connectivity index (χ3n) is 4.37. The van der Waals surface area contributed by atoms with Crippen LogP contribution in [-0.2, 0) is 16.8 Å². The molecular weight excluding hydrogens is 370 g/mol. The fourth-order valence-corrected chi connectivity index (χ4v) is 3.45. The molecule has 0 aliphatic carbocycles. The minimum Gasteiger partial charge on any atom is -0.311 e. The number of carbonyl (C=O) groups is 2. The van der Waals surface area contributed by atoms with Gasteiger partial charge >= 0.3 is 0 Å². The average Bonchev–Trinajstić information content (AvgIpc) is 3.31. The lowest BCUT2D eigenvalue weighted by Crippen LogP contribution is -2.17. The summed E-state index contributed by atoms with van der Waals surface area (Å²) >= 11 is 1.40. The van der Waals surface area contributed by atoms with Gasteiger partial charge in [-0.15, -0.1) is 11.3 Å². The van der Waals surface area contributed by atoms with Gasteiger partial charge in [0.2, 0.25) is 5.91 Å². The van der Waals surface area contributed by atoms with Crippen molar-refractivity contribution in [2.24, 2.45) is 0 Å². The number of carbonyl (C=O) groups excluding carboxylic acids is 2. The molecular formula is C22H25N3O2S. The summed E-state index contributed by atoms with van der Waals surface area (Å²) in [6.45, 7) is 6.84. The SMILES string of the molecule is CC(C)(C)c1cc(NC(=O)CCC(=O)c2cccs2)n(Cc2ccccc2)n1. The number of nitrogens with zero attached hydrogens (tertiary/aromatic N) is 2. The van der Waals surface area contributed by atoms with Crippen molar-refractivity contribution in [1.82, 2.24) is 9.78 Å². The highest BCUT2D eigenvalue weighted by Gasteiger charge is 2.21. The fraction of sp³-hybridized carbons (Fsp3) is 0.318. The molecule has 1 N–H and O–H groups in total. The van der Waals surface area contributed by atoms with E-state index < -0.39 is 0 Å². The molecule has 0 spiro atoms. The first-order valence-corrected chi connectivity index (χ1v) is 10.2. The van der Waals surface area contributed by atoms with Crippen molar-refractivity contribution in [3.63, 3.8) is 0 Å². The van der Waals surface area contributed by atoms with Crippen LogP contribution in [0.25, 0.3) is 0 Å². The van der Waals surface area contributed by atoms with E-state index in [1.807, 2.05) is 52.5 Å². The summed E-state index contributed by atoms with van der Waals surface area (Å²) in [6, 6.07) is 15.6. The van der Waals surface area contributed by atoms with Crippen LogP contribution in [0.1, 0.15) is 54.5 Å². The van der Waals surface area contributed by atoms with Gasteiger partial charge in [-0.05, 0) is 17.0 Å². The fourth-order valence-electron chi connectivity index (χ4n) is 2.75. The van der Waals surface area contributed by atoms with Crippen molar-refractivity contribution >= 4 is 28.8 Å². The van der Waals surface area contributed by atoms with Gasteiger partial charge in [0.25, 0.3) is 0 Å². The minimum atomic E-state index is -0.181. The number of aromatic nitrogens is 2. The molecule has 0 aliphatic heterocycles. The average molecular weight is 396 g/mol. The number of nitrogens with one attached hydrogen (secondary N) is 1.